The Hall–Kier alpha value is -3.42. The van der Waals surface area contributed by atoms with Crippen molar-refractivity contribution >= 4 is 11.8 Å². The summed E-state index contributed by atoms with van der Waals surface area (Å²) in [7, 11) is 0. The zero-order valence-corrected chi connectivity index (χ0v) is 16.6. The van der Waals surface area contributed by atoms with Gasteiger partial charge in [-0.1, -0.05) is 30.3 Å². The fourth-order valence-corrected chi connectivity index (χ4v) is 4.85. The molecule has 2 bridgehead atoms. The molecule has 2 N–H and O–H groups in total. The van der Waals surface area contributed by atoms with Crippen LogP contribution in [0.25, 0.3) is 11.4 Å². The standard InChI is InChI=1S/C22H24N6O2/c23-21(30)20-18-12-16-6-7-17(28(16)19(29)8-10-26-11-9-24-14-26)13-27(18)22(25-20)15-4-2-1-3-5-15/h1-5,9,11,14,16-17H,6-8,10,12-13H2,(H2,23,30)/t16-,17+/m0/s1. The maximum absolute atomic E-state index is 13.1. The first-order chi connectivity index (χ1) is 14.6. The summed E-state index contributed by atoms with van der Waals surface area (Å²) >= 11 is 0. The van der Waals surface area contributed by atoms with Crippen LogP contribution < -0.4 is 5.73 Å². The number of carbonyl (C=O) groups is 2. The zero-order chi connectivity index (χ0) is 20.7. The number of primary amides is 1. The first-order valence-electron chi connectivity index (χ1n) is 10.3. The van der Waals surface area contributed by atoms with E-state index in [2.05, 4.69) is 14.5 Å². The zero-order valence-electron chi connectivity index (χ0n) is 16.6. The van der Waals surface area contributed by atoms with Crippen LogP contribution in [0.4, 0.5) is 0 Å². The van der Waals surface area contributed by atoms with Crippen molar-refractivity contribution < 1.29 is 9.59 Å². The van der Waals surface area contributed by atoms with Crippen molar-refractivity contribution in [2.75, 3.05) is 0 Å². The number of nitrogens with two attached hydrogens (primary N) is 1. The smallest absolute Gasteiger partial charge is 0.269 e. The molecule has 8 heteroatoms. The van der Waals surface area contributed by atoms with Crippen LogP contribution in [-0.4, -0.2) is 47.9 Å². The van der Waals surface area contributed by atoms with Crippen molar-refractivity contribution in [3.8, 4) is 11.4 Å². The number of imidazole rings is 2. The minimum atomic E-state index is -0.517. The number of hydrogen-bond donors (Lipinski definition) is 1. The van der Waals surface area contributed by atoms with Crippen molar-refractivity contribution in [2.45, 2.75) is 50.9 Å². The van der Waals surface area contributed by atoms with Crippen LogP contribution in [0.1, 0.15) is 35.4 Å². The number of aromatic nitrogens is 4. The van der Waals surface area contributed by atoms with Crippen molar-refractivity contribution in [1.82, 2.24) is 24.0 Å². The van der Waals surface area contributed by atoms with E-state index >= 15 is 0 Å². The van der Waals surface area contributed by atoms with Crippen LogP contribution in [-0.2, 0) is 24.3 Å². The van der Waals surface area contributed by atoms with E-state index < -0.39 is 5.91 Å². The Morgan fingerprint density at radius 2 is 1.93 bits per heavy atom. The van der Waals surface area contributed by atoms with Gasteiger partial charge in [0, 0.05) is 49.9 Å². The largest absolute Gasteiger partial charge is 0.364 e. The molecule has 3 aromatic rings. The van der Waals surface area contributed by atoms with Gasteiger partial charge in [0.05, 0.1) is 18.1 Å². The quantitative estimate of drug-likeness (QED) is 0.701. The Balaban J connectivity index is 1.46. The molecule has 8 nitrogen and oxygen atoms in total. The van der Waals surface area contributed by atoms with Crippen LogP contribution in [0, 0.1) is 0 Å². The molecule has 0 unspecified atom stereocenters. The number of nitrogens with zero attached hydrogens (tertiary/aromatic N) is 5. The number of fused-ring (bicyclic) bond motifs is 3. The van der Waals surface area contributed by atoms with Crippen molar-refractivity contribution in [3.63, 3.8) is 0 Å². The minimum Gasteiger partial charge on any atom is -0.364 e. The number of carbonyl (C=O) groups excluding carboxylic acids is 2. The molecular formula is C22H24N6O2. The number of hydrogen-bond acceptors (Lipinski definition) is 4. The second-order valence-electron chi connectivity index (χ2n) is 8.01. The van der Waals surface area contributed by atoms with Gasteiger partial charge in [0.15, 0.2) is 0 Å². The van der Waals surface area contributed by atoms with Crippen LogP contribution in [0.15, 0.2) is 49.1 Å². The first-order valence-corrected chi connectivity index (χ1v) is 10.3. The molecule has 0 saturated carbocycles. The van der Waals surface area contributed by atoms with Gasteiger partial charge in [0.25, 0.3) is 5.91 Å². The molecule has 2 aliphatic rings. The second-order valence-corrected chi connectivity index (χ2v) is 8.01. The Labute approximate surface area is 174 Å². The molecule has 1 fully saturated rings. The topological polar surface area (TPSA) is 99.0 Å². The van der Waals surface area contributed by atoms with Crippen LogP contribution >= 0.6 is 0 Å². The summed E-state index contributed by atoms with van der Waals surface area (Å²) in [6.45, 7) is 1.25. The molecule has 2 aromatic heterocycles. The third kappa shape index (κ3) is 3.18. The molecule has 5 rings (SSSR count). The van der Waals surface area contributed by atoms with E-state index in [0.29, 0.717) is 31.6 Å². The SMILES string of the molecule is NC(=O)c1nc(-c2ccccc2)n2c1C[C@@H]1CC[C@H](C2)N1C(=O)CCn1ccnc1. The maximum Gasteiger partial charge on any atom is 0.269 e. The molecule has 0 spiro atoms. The first kappa shape index (κ1) is 18.6. The summed E-state index contributed by atoms with van der Waals surface area (Å²) in [6.07, 6.45) is 8.25. The average Bonchev–Trinajstić information content (AvgIpc) is 3.44. The fraction of sp³-hybridized carbons (Fsp3) is 0.364. The van der Waals surface area contributed by atoms with Gasteiger partial charge in [-0.05, 0) is 12.8 Å². The maximum atomic E-state index is 13.1. The summed E-state index contributed by atoms with van der Waals surface area (Å²) in [5, 5.41) is 0. The predicted octanol–water partition coefficient (Wildman–Crippen LogP) is 1.85. The van der Waals surface area contributed by atoms with Crippen LogP contribution in [0.2, 0.25) is 0 Å². The summed E-state index contributed by atoms with van der Waals surface area (Å²) in [5.41, 5.74) is 7.79. The number of aryl methyl sites for hydroxylation is 1. The molecule has 154 valence electrons. The summed E-state index contributed by atoms with van der Waals surface area (Å²) in [6, 6.07) is 10.0. The highest BCUT2D eigenvalue weighted by molar-refractivity contribution is 5.93. The van der Waals surface area contributed by atoms with E-state index in [4.69, 9.17) is 5.73 Å². The highest BCUT2D eigenvalue weighted by Crippen LogP contribution is 2.35. The Bertz CT molecular complexity index is 1070. The third-order valence-corrected chi connectivity index (χ3v) is 6.21. The molecule has 30 heavy (non-hydrogen) atoms. The van der Waals surface area contributed by atoms with E-state index in [-0.39, 0.29) is 18.0 Å². The predicted molar refractivity (Wildman–Crippen MR) is 110 cm³/mol. The van der Waals surface area contributed by atoms with Gasteiger partial charge in [0.1, 0.15) is 11.5 Å². The number of benzene rings is 1. The summed E-state index contributed by atoms with van der Waals surface area (Å²) < 4.78 is 4.03. The number of amides is 2. The van der Waals surface area contributed by atoms with Gasteiger partial charge in [-0.15, -0.1) is 0 Å². The van der Waals surface area contributed by atoms with E-state index in [1.165, 1.54) is 0 Å². The molecule has 1 saturated heterocycles. The number of rotatable bonds is 5. The van der Waals surface area contributed by atoms with Gasteiger partial charge in [-0.3, -0.25) is 9.59 Å². The molecule has 2 aliphatic heterocycles. The Morgan fingerprint density at radius 3 is 2.67 bits per heavy atom. The van der Waals surface area contributed by atoms with Crippen LogP contribution in [0.5, 0.6) is 0 Å². The average molecular weight is 404 g/mol. The Kier molecular flexibility index (Phi) is 4.61. The van der Waals surface area contributed by atoms with Gasteiger partial charge >= 0.3 is 0 Å². The molecule has 0 aliphatic carbocycles. The van der Waals surface area contributed by atoms with Crippen molar-refractivity contribution in [3.05, 3.63) is 60.4 Å². The monoisotopic (exact) mass is 404 g/mol. The normalized spacial score (nSPS) is 20.1. The third-order valence-electron chi connectivity index (χ3n) is 6.21. The lowest BCUT2D eigenvalue weighted by Gasteiger charge is -2.28. The van der Waals surface area contributed by atoms with E-state index in [1.54, 1.807) is 12.5 Å². The highest BCUT2D eigenvalue weighted by Gasteiger charge is 2.41. The molecule has 4 heterocycles. The van der Waals surface area contributed by atoms with E-state index in [0.717, 1.165) is 29.9 Å². The Morgan fingerprint density at radius 1 is 1.13 bits per heavy atom. The van der Waals surface area contributed by atoms with Gasteiger partial charge in [0.2, 0.25) is 5.91 Å². The molecule has 2 amide bonds. The highest BCUT2D eigenvalue weighted by atomic mass is 16.2. The lowest BCUT2D eigenvalue weighted by molar-refractivity contribution is -0.134. The molecule has 0 radical (unpaired) electrons. The molecule has 1 aromatic carbocycles. The van der Waals surface area contributed by atoms with Gasteiger partial charge in [-0.2, -0.15) is 0 Å². The van der Waals surface area contributed by atoms with Gasteiger partial charge in [-0.25, -0.2) is 9.97 Å². The van der Waals surface area contributed by atoms with Crippen molar-refractivity contribution in [1.29, 1.82) is 0 Å². The lowest BCUT2D eigenvalue weighted by Crippen LogP contribution is -2.42. The van der Waals surface area contributed by atoms with E-state index in [1.807, 2.05) is 46.0 Å². The summed E-state index contributed by atoms with van der Waals surface area (Å²) in [5.74, 6) is 0.381. The second kappa shape index (κ2) is 7.44. The van der Waals surface area contributed by atoms with Crippen LogP contribution in [0.3, 0.4) is 0 Å². The molecular weight excluding hydrogens is 380 g/mol. The summed E-state index contributed by atoms with van der Waals surface area (Å²) in [4.78, 5) is 36.0. The van der Waals surface area contributed by atoms with Crippen molar-refractivity contribution in [2.24, 2.45) is 5.73 Å². The molecule has 2 atom stereocenters. The minimum absolute atomic E-state index is 0.0740. The van der Waals surface area contributed by atoms with Gasteiger partial charge < -0.3 is 19.8 Å². The van der Waals surface area contributed by atoms with E-state index in [9.17, 15) is 9.59 Å². The fourth-order valence-electron chi connectivity index (χ4n) is 4.85. The lowest BCUT2D eigenvalue weighted by atomic mass is 10.1.